The van der Waals surface area contributed by atoms with Crippen molar-refractivity contribution < 1.29 is 4.79 Å². The predicted octanol–water partition coefficient (Wildman–Crippen LogP) is 3.62. The Morgan fingerprint density at radius 3 is 2.81 bits per heavy atom. The summed E-state index contributed by atoms with van der Waals surface area (Å²) in [5, 5.41) is 0.511. The van der Waals surface area contributed by atoms with E-state index in [0.717, 1.165) is 16.9 Å². The summed E-state index contributed by atoms with van der Waals surface area (Å²) in [6, 6.07) is 12.5. The van der Waals surface area contributed by atoms with Crippen LogP contribution >= 0.6 is 11.6 Å². The first-order valence-electron chi connectivity index (χ1n) is 8.73. The van der Waals surface area contributed by atoms with Crippen molar-refractivity contribution in [1.29, 1.82) is 0 Å². The van der Waals surface area contributed by atoms with Crippen molar-refractivity contribution >= 4 is 28.5 Å². The predicted molar refractivity (Wildman–Crippen MR) is 105 cm³/mol. The Hall–Kier alpha value is -2.37. The summed E-state index contributed by atoms with van der Waals surface area (Å²) in [6.45, 7) is 5.12. The summed E-state index contributed by atoms with van der Waals surface area (Å²) in [4.78, 5) is 22.4. The number of nitrogens with two attached hydrogens (primary N) is 1. The Bertz CT molecular complexity index is 921. The molecule has 1 amide bonds. The van der Waals surface area contributed by atoms with Crippen LogP contribution in [0.3, 0.4) is 0 Å². The van der Waals surface area contributed by atoms with E-state index in [1.54, 1.807) is 17.0 Å². The second-order valence-corrected chi connectivity index (χ2v) is 6.78. The molecule has 0 saturated heterocycles. The van der Waals surface area contributed by atoms with Crippen molar-refractivity contribution in [3.63, 3.8) is 0 Å². The zero-order valence-corrected chi connectivity index (χ0v) is 15.8. The number of hydrogen-bond donors (Lipinski definition) is 2. The number of fused-ring (bicyclic) bond motifs is 1. The van der Waals surface area contributed by atoms with Crippen LogP contribution in [-0.2, 0) is 11.2 Å². The van der Waals surface area contributed by atoms with E-state index < -0.39 is 6.04 Å². The van der Waals surface area contributed by atoms with Crippen LogP contribution in [0.2, 0.25) is 5.02 Å². The van der Waals surface area contributed by atoms with Gasteiger partial charge in [0.05, 0.1) is 11.0 Å². The molecular formula is C20H23ClN4O. The molecule has 3 aromatic rings. The van der Waals surface area contributed by atoms with E-state index in [4.69, 9.17) is 17.3 Å². The second kappa shape index (κ2) is 7.89. The molecule has 0 saturated carbocycles. The third-order valence-electron chi connectivity index (χ3n) is 4.50. The summed E-state index contributed by atoms with van der Waals surface area (Å²) < 4.78 is 0. The number of imidazole rings is 1. The third-order valence-corrected chi connectivity index (χ3v) is 4.85. The van der Waals surface area contributed by atoms with Gasteiger partial charge in [-0.05, 0) is 43.2 Å². The van der Waals surface area contributed by atoms with E-state index in [-0.39, 0.29) is 5.91 Å². The highest BCUT2D eigenvalue weighted by Crippen LogP contribution is 2.22. The highest BCUT2D eigenvalue weighted by molar-refractivity contribution is 6.31. The van der Waals surface area contributed by atoms with E-state index >= 15 is 0 Å². The molecule has 0 fully saturated rings. The number of halogens is 1. The van der Waals surface area contributed by atoms with Crippen molar-refractivity contribution in [2.45, 2.75) is 26.3 Å². The molecule has 1 atom stereocenters. The lowest BCUT2D eigenvalue weighted by atomic mass is 10.1. The number of likely N-dealkylation sites (N-methyl/N-ethyl adjacent to an activating group) is 1. The fraction of sp³-hybridized carbons (Fsp3) is 0.300. The van der Waals surface area contributed by atoms with Gasteiger partial charge in [-0.15, -0.1) is 0 Å². The van der Waals surface area contributed by atoms with Crippen LogP contribution in [0.5, 0.6) is 0 Å². The largest absolute Gasteiger partial charge is 0.342 e. The van der Waals surface area contributed by atoms with E-state index in [1.165, 1.54) is 5.56 Å². The molecular weight excluding hydrogens is 348 g/mol. The highest BCUT2D eigenvalue weighted by atomic mass is 35.5. The summed E-state index contributed by atoms with van der Waals surface area (Å²) in [7, 11) is 0. The number of amides is 1. The Kier molecular flexibility index (Phi) is 5.59. The molecule has 1 aromatic heterocycles. The van der Waals surface area contributed by atoms with Gasteiger partial charge in [-0.1, -0.05) is 35.9 Å². The topological polar surface area (TPSA) is 75.0 Å². The fourth-order valence-electron chi connectivity index (χ4n) is 3.02. The molecule has 5 nitrogen and oxygen atoms in total. The maximum Gasteiger partial charge on any atom is 0.244 e. The van der Waals surface area contributed by atoms with Crippen LogP contribution in [0.25, 0.3) is 11.0 Å². The number of aromatic nitrogens is 2. The minimum absolute atomic E-state index is 0.132. The van der Waals surface area contributed by atoms with Crippen molar-refractivity contribution in [1.82, 2.24) is 14.9 Å². The lowest BCUT2D eigenvalue weighted by Gasteiger charge is -2.24. The Morgan fingerprint density at radius 1 is 1.31 bits per heavy atom. The Balaban J connectivity index is 1.70. The molecule has 26 heavy (non-hydrogen) atoms. The zero-order valence-electron chi connectivity index (χ0n) is 15.0. The van der Waals surface area contributed by atoms with Gasteiger partial charge >= 0.3 is 0 Å². The smallest absolute Gasteiger partial charge is 0.244 e. The number of aryl methyl sites for hydroxylation is 1. The highest BCUT2D eigenvalue weighted by Gasteiger charge is 2.23. The summed E-state index contributed by atoms with van der Waals surface area (Å²) >= 11 is 6.18. The fourth-order valence-corrected chi connectivity index (χ4v) is 3.27. The number of carbonyl (C=O) groups is 1. The third kappa shape index (κ3) is 3.89. The number of aromatic amines is 1. The van der Waals surface area contributed by atoms with Crippen molar-refractivity contribution in [2.24, 2.45) is 5.73 Å². The maximum atomic E-state index is 12.8. The average molecular weight is 371 g/mol. The number of benzene rings is 2. The van der Waals surface area contributed by atoms with Crippen LogP contribution in [0.1, 0.15) is 29.9 Å². The number of H-pyrrole nitrogens is 1. The number of carbonyl (C=O) groups excluding carboxylic acids is 1. The van der Waals surface area contributed by atoms with E-state index in [0.29, 0.717) is 30.1 Å². The molecule has 0 aliphatic heterocycles. The van der Waals surface area contributed by atoms with Gasteiger partial charge in [0.2, 0.25) is 5.91 Å². The second-order valence-electron chi connectivity index (χ2n) is 6.37. The van der Waals surface area contributed by atoms with Crippen LogP contribution in [0.4, 0.5) is 0 Å². The first-order valence-corrected chi connectivity index (χ1v) is 9.11. The minimum atomic E-state index is -0.762. The molecule has 0 aliphatic carbocycles. The monoisotopic (exact) mass is 370 g/mol. The van der Waals surface area contributed by atoms with Gasteiger partial charge in [-0.3, -0.25) is 4.79 Å². The van der Waals surface area contributed by atoms with E-state index in [1.807, 2.05) is 38.1 Å². The van der Waals surface area contributed by atoms with Crippen LogP contribution in [0, 0.1) is 6.92 Å². The molecule has 0 aliphatic rings. The normalized spacial score (nSPS) is 12.3. The van der Waals surface area contributed by atoms with Crippen molar-refractivity contribution in [2.75, 3.05) is 13.1 Å². The first kappa shape index (κ1) is 18.4. The maximum absolute atomic E-state index is 12.8. The van der Waals surface area contributed by atoms with Gasteiger partial charge < -0.3 is 15.6 Å². The number of rotatable bonds is 6. The molecule has 1 heterocycles. The van der Waals surface area contributed by atoms with Gasteiger partial charge in [0.25, 0.3) is 0 Å². The first-order chi connectivity index (χ1) is 12.5. The molecule has 6 heteroatoms. The van der Waals surface area contributed by atoms with Gasteiger partial charge in [-0.2, -0.15) is 0 Å². The minimum Gasteiger partial charge on any atom is -0.342 e. The molecule has 3 rings (SSSR count). The number of hydrogen-bond acceptors (Lipinski definition) is 3. The molecule has 136 valence electrons. The lowest BCUT2D eigenvalue weighted by molar-refractivity contribution is -0.132. The zero-order chi connectivity index (χ0) is 18.7. The molecule has 0 spiro atoms. The van der Waals surface area contributed by atoms with E-state index in [9.17, 15) is 4.79 Å². The summed E-state index contributed by atoms with van der Waals surface area (Å²) in [5.41, 5.74) is 9.95. The van der Waals surface area contributed by atoms with E-state index in [2.05, 4.69) is 16.0 Å². The summed E-state index contributed by atoms with van der Waals surface area (Å²) in [6.07, 6.45) is 0.641. The SMILES string of the molecule is CCN(CCc1nc2ccc(C)cc2[nH]1)C(=O)[C@@H](N)c1ccccc1Cl. The number of nitrogens with one attached hydrogen (secondary N) is 1. The number of nitrogens with zero attached hydrogens (tertiary/aromatic N) is 2. The molecule has 0 bridgehead atoms. The van der Waals surface area contributed by atoms with Gasteiger partial charge in [0.1, 0.15) is 11.9 Å². The van der Waals surface area contributed by atoms with Crippen LogP contribution in [-0.4, -0.2) is 33.9 Å². The molecule has 2 aromatic carbocycles. The van der Waals surface area contributed by atoms with Crippen molar-refractivity contribution in [3.05, 3.63) is 64.4 Å². The molecule has 0 unspecified atom stereocenters. The standard InChI is InChI=1S/C20H23ClN4O/c1-3-25(20(26)19(22)14-6-4-5-7-15(14)21)11-10-18-23-16-9-8-13(2)12-17(16)24-18/h4-9,12,19H,3,10-11,22H2,1-2H3,(H,23,24)/t19-/m0/s1. The Labute approximate surface area is 158 Å². The quantitative estimate of drug-likeness (QED) is 0.695. The molecule has 0 radical (unpaired) electrons. The van der Waals surface area contributed by atoms with Crippen molar-refractivity contribution in [3.8, 4) is 0 Å². The lowest BCUT2D eigenvalue weighted by Crippen LogP contribution is -2.39. The average Bonchev–Trinajstić information content (AvgIpc) is 3.03. The van der Waals surface area contributed by atoms with Crippen LogP contribution in [0.15, 0.2) is 42.5 Å². The van der Waals surface area contributed by atoms with Gasteiger partial charge in [0.15, 0.2) is 0 Å². The summed E-state index contributed by atoms with van der Waals surface area (Å²) in [5.74, 6) is 0.732. The Morgan fingerprint density at radius 2 is 2.08 bits per heavy atom. The van der Waals surface area contributed by atoms with Gasteiger partial charge in [0, 0.05) is 24.5 Å². The van der Waals surface area contributed by atoms with Crippen LogP contribution < -0.4 is 5.73 Å². The van der Waals surface area contributed by atoms with Gasteiger partial charge in [-0.25, -0.2) is 4.98 Å². The molecule has 3 N–H and O–H groups in total.